The smallest absolute Gasteiger partial charge is 0.264 e. The number of carbonyl (C=O) groups is 1. The number of amides is 1. The fourth-order valence-electron chi connectivity index (χ4n) is 3.07. The highest BCUT2D eigenvalue weighted by atomic mass is 35.5. The first-order valence-corrected chi connectivity index (χ1v) is 11.2. The van der Waals surface area contributed by atoms with Gasteiger partial charge in [-0.3, -0.25) is 9.10 Å². The molecule has 0 spiro atoms. The Bertz CT molecular complexity index is 1210. The van der Waals surface area contributed by atoms with Crippen LogP contribution in [0.4, 0.5) is 11.4 Å². The Labute approximate surface area is 185 Å². The van der Waals surface area contributed by atoms with E-state index >= 15 is 0 Å². The van der Waals surface area contributed by atoms with E-state index in [4.69, 9.17) is 21.1 Å². The van der Waals surface area contributed by atoms with Crippen molar-refractivity contribution in [2.45, 2.75) is 11.8 Å². The molecule has 7 nitrogen and oxygen atoms in total. The Morgan fingerprint density at radius 1 is 1.00 bits per heavy atom. The molecule has 9 heteroatoms. The third-order valence-electron chi connectivity index (χ3n) is 4.67. The third kappa shape index (κ3) is 4.60. The summed E-state index contributed by atoms with van der Waals surface area (Å²) < 4.78 is 38.3. The molecule has 1 heterocycles. The zero-order valence-corrected chi connectivity index (χ0v) is 18.1. The number of sulfonamides is 1. The molecule has 160 valence electrons. The summed E-state index contributed by atoms with van der Waals surface area (Å²) in [6.45, 7) is 1.60. The van der Waals surface area contributed by atoms with Crippen LogP contribution >= 0.6 is 11.6 Å². The van der Waals surface area contributed by atoms with Crippen molar-refractivity contribution in [3.05, 3.63) is 77.3 Å². The van der Waals surface area contributed by atoms with Gasteiger partial charge < -0.3 is 14.8 Å². The Kier molecular flexibility index (Phi) is 5.75. The number of ether oxygens (including phenoxy) is 2. The van der Waals surface area contributed by atoms with Crippen molar-refractivity contribution >= 4 is 38.9 Å². The van der Waals surface area contributed by atoms with Gasteiger partial charge in [0.1, 0.15) is 6.54 Å². The normalized spacial score (nSPS) is 12.5. The number of halogens is 1. The number of nitrogens with one attached hydrogen (secondary N) is 1. The van der Waals surface area contributed by atoms with E-state index in [1.54, 1.807) is 42.5 Å². The molecule has 1 aliphatic heterocycles. The van der Waals surface area contributed by atoms with Crippen molar-refractivity contribution in [1.29, 1.82) is 0 Å². The maximum atomic E-state index is 13.3. The van der Waals surface area contributed by atoms with Crippen LogP contribution in [0.3, 0.4) is 0 Å². The molecule has 3 aromatic carbocycles. The van der Waals surface area contributed by atoms with E-state index in [1.165, 1.54) is 24.3 Å². The van der Waals surface area contributed by atoms with E-state index in [0.717, 1.165) is 9.87 Å². The lowest BCUT2D eigenvalue weighted by molar-refractivity contribution is -0.114. The predicted molar refractivity (Wildman–Crippen MR) is 118 cm³/mol. The molecule has 1 amide bonds. The van der Waals surface area contributed by atoms with E-state index in [-0.39, 0.29) is 11.7 Å². The van der Waals surface area contributed by atoms with Crippen LogP contribution < -0.4 is 19.1 Å². The number of anilines is 2. The summed E-state index contributed by atoms with van der Waals surface area (Å²) in [5.74, 6) is 0.601. The van der Waals surface area contributed by atoms with Crippen molar-refractivity contribution < 1.29 is 22.7 Å². The second-order valence-electron chi connectivity index (χ2n) is 6.92. The highest BCUT2D eigenvalue weighted by Crippen LogP contribution is 2.34. The molecule has 0 radical (unpaired) electrons. The van der Waals surface area contributed by atoms with Gasteiger partial charge in [0, 0.05) is 16.8 Å². The van der Waals surface area contributed by atoms with Crippen LogP contribution in [0.1, 0.15) is 5.56 Å². The van der Waals surface area contributed by atoms with Crippen LogP contribution in [0.5, 0.6) is 11.5 Å². The van der Waals surface area contributed by atoms with Gasteiger partial charge in [-0.2, -0.15) is 0 Å². The molecule has 4 rings (SSSR count). The number of carbonyl (C=O) groups excluding carboxylic acids is 1. The monoisotopic (exact) mass is 458 g/mol. The van der Waals surface area contributed by atoms with E-state index in [1.807, 2.05) is 6.92 Å². The first-order chi connectivity index (χ1) is 14.8. The van der Waals surface area contributed by atoms with Crippen molar-refractivity contribution in [1.82, 2.24) is 0 Å². The zero-order chi connectivity index (χ0) is 22.0. The van der Waals surface area contributed by atoms with Crippen molar-refractivity contribution in [3.63, 3.8) is 0 Å². The molecule has 0 aliphatic carbocycles. The predicted octanol–water partition coefficient (Wildman–Crippen LogP) is 4.21. The van der Waals surface area contributed by atoms with Crippen LogP contribution in [0.15, 0.2) is 71.6 Å². The SMILES string of the molecule is Cc1ccc(N(CC(=O)Nc2ccc3c(c2)OCO3)S(=O)(=O)c2ccc(Cl)cc2)cc1. The lowest BCUT2D eigenvalue weighted by atomic mass is 10.2. The fourth-order valence-corrected chi connectivity index (χ4v) is 4.61. The number of nitrogens with zero attached hydrogens (tertiary/aromatic N) is 1. The van der Waals surface area contributed by atoms with Gasteiger partial charge in [-0.15, -0.1) is 0 Å². The zero-order valence-electron chi connectivity index (χ0n) is 16.5. The van der Waals surface area contributed by atoms with E-state index in [9.17, 15) is 13.2 Å². The Hall–Kier alpha value is -3.23. The Morgan fingerprint density at radius 2 is 1.68 bits per heavy atom. The van der Waals surface area contributed by atoms with Gasteiger partial charge in [0.2, 0.25) is 12.7 Å². The summed E-state index contributed by atoms with van der Waals surface area (Å²) in [6, 6.07) is 17.7. The fraction of sp³-hybridized carbons (Fsp3) is 0.136. The van der Waals surface area contributed by atoms with Crippen LogP contribution in [-0.2, 0) is 14.8 Å². The summed E-state index contributed by atoms with van der Waals surface area (Å²) in [4.78, 5) is 12.8. The van der Waals surface area contributed by atoms with Crippen LogP contribution in [0, 0.1) is 6.92 Å². The summed E-state index contributed by atoms with van der Waals surface area (Å²) in [5.41, 5.74) is 1.82. The lowest BCUT2D eigenvalue weighted by Gasteiger charge is -2.24. The third-order valence-corrected chi connectivity index (χ3v) is 6.71. The summed E-state index contributed by atoms with van der Waals surface area (Å²) in [5, 5.41) is 3.13. The Morgan fingerprint density at radius 3 is 2.39 bits per heavy atom. The largest absolute Gasteiger partial charge is 0.454 e. The van der Waals surface area contributed by atoms with Crippen molar-refractivity contribution in [3.8, 4) is 11.5 Å². The quantitative estimate of drug-likeness (QED) is 0.598. The van der Waals surface area contributed by atoms with E-state index in [2.05, 4.69) is 5.32 Å². The minimum Gasteiger partial charge on any atom is -0.454 e. The topological polar surface area (TPSA) is 84.9 Å². The molecule has 1 N–H and O–H groups in total. The first kappa shape index (κ1) is 21.0. The van der Waals surface area contributed by atoms with E-state index < -0.39 is 22.5 Å². The van der Waals surface area contributed by atoms with Gasteiger partial charge >= 0.3 is 0 Å². The molecule has 0 unspecified atom stereocenters. The number of aryl methyl sites for hydroxylation is 1. The van der Waals surface area contributed by atoms with Crippen molar-refractivity contribution in [2.24, 2.45) is 0 Å². The second kappa shape index (κ2) is 8.49. The summed E-state index contributed by atoms with van der Waals surface area (Å²) in [6.07, 6.45) is 0. The molecule has 3 aromatic rings. The summed E-state index contributed by atoms with van der Waals surface area (Å²) >= 11 is 5.90. The van der Waals surface area contributed by atoms with Crippen molar-refractivity contribution in [2.75, 3.05) is 23.0 Å². The number of benzene rings is 3. The average molecular weight is 459 g/mol. The lowest BCUT2D eigenvalue weighted by Crippen LogP contribution is -2.38. The molecular weight excluding hydrogens is 440 g/mol. The molecule has 0 saturated carbocycles. The minimum absolute atomic E-state index is 0.0355. The van der Waals surface area contributed by atoms with Gasteiger partial charge in [0.15, 0.2) is 11.5 Å². The van der Waals surface area contributed by atoms with Gasteiger partial charge in [0.25, 0.3) is 10.0 Å². The molecule has 0 atom stereocenters. The van der Waals surface area contributed by atoms with Gasteiger partial charge in [-0.1, -0.05) is 29.3 Å². The molecule has 1 aliphatic rings. The molecule has 31 heavy (non-hydrogen) atoms. The molecule has 0 saturated heterocycles. The number of hydrogen-bond donors (Lipinski definition) is 1. The van der Waals surface area contributed by atoms with Crippen LogP contribution in [0.25, 0.3) is 0 Å². The standard InChI is InChI=1S/C22H19ClN2O5S/c1-15-2-7-18(8-3-15)25(31(27,28)19-9-4-16(23)5-10-19)13-22(26)24-17-6-11-20-21(12-17)30-14-29-20/h2-12H,13-14H2,1H3,(H,24,26). The second-order valence-corrected chi connectivity index (χ2v) is 9.22. The highest BCUT2D eigenvalue weighted by Gasteiger charge is 2.27. The first-order valence-electron chi connectivity index (χ1n) is 9.37. The number of hydrogen-bond acceptors (Lipinski definition) is 5. The molecule has 0 bridgehead atoms. The molecule has 0 fully saturated rings. The van der Waals surface area contributed by atoms with Gasteiger partial charge in [-0.25, -0.2) is 8.42 Å². The summed E-state index contributed by atoms with van der Waals surface area (Å²) in [7, 11) is -4.01. The van der Waals surface area contributed by atoms with Crippen LogP contribution in [-0.4, -0.2) is 27.7 Å². The minimum atomic E-state index is -4.01. The number of fused-ring (bicyclic) bond motifs is 1. The maximum Gasteiger partial charge on any atom is 0.264 e. The number of rotatable bonds is 6. The van der Waals surface area contributed by atoms with Gasteiger partial charge in [-0.05, 0) is 55.5 Å². The van der Waals surface area contributed by atoms with Crippen LogP contribution in [0.2, 0.25) is 5.02 Å². The van der Waals surface area contributed by atoms with Gasteiger partial charge in [0.05, 0.1) is 10.6 Å². The average Bonchev–Trinajstić information content (AvgIpc) is 3.21. The molecular formula is C22H19ClN2O5S. The molecule has 0 aromatic heterocycles. The highest BCUT2D eigenvalue weighted by molar-refractivity contribution is 7.92. The maximum absolute atomic E-state index is 13.3. The van der Waals surface area contributed by atoms with E-state index in [0.29, 0.717) is 27.9 Å². The Balaban J connectivity index is 1.62.